The Morgan fingerprint density at radius 2 is 1.77 bits per heavy atom. The zero-order valence-electron chi connectivity index (χ0n) is 8.36. The zero-order valence-corrected chi connectivity index (χ0v) is 9.11. The zero-order chi connectivity index (χ0) is 9.84. The maximum absolute atomic E-state index is 5.57. The lowest BCUT2D eigenvalue weighted by Gasteiger charge is -2.12. The van der Waals surface area contributed by atoms with Crippen LogP contribution in [0.15, 0.2) is 12.1 Å². The molecule has 0 radical (unpaired) electrons. The lowest BCUT2D eigenvalue weighted by atomic mass is 10.1. The Hall–Kier alpha value is -0.690. The molecule has 72 valence electrons. The average molecular weight is 199 g/mol. The van der Waals surface area contributed by atoms with Crippen LogP contribution in [0.25, 0.3) is 0 Å². The molecule has 0 aliphatic rings. The predicted octanol–water partition coefficient (Wildman–Crippen LogP) is 3.23. The van der Waals surface area contributed by atoms with Crippen LogP contribution in [0.1, 0.15) is 16.7 Å². The maximum Gasteiger partial charge on any atom is 0.125 e. The molecule has 1 aromatic carbocycles. The molecule has 0 aliphatic carbocycles. The van der Waals surface area contributed by atoms with Gasteiger partial charge in [-0.1, -0.05) is 12.1 Å². The minimum absolute atomic E-state index is 0.535. The lowest BCUT2D eigenvalue weighted by Crippen LogP contribution is -2.02. The molecule has 0 N–H and O–H groups in total. The minimum Gasteiger partial charge on any atom is -0.492 e. The van der Waals surface area contributed by atoms with Gasteiger partial charge < -0.3 is 4.74 Å². The average Bonchev–Trinajstić information content (AvgIpc) is 2.12. The summed E-state index contributed by atoms with van der Waals surface area (Å²) in [7, 11) is 0. The molecule has 0 aromatic heterocycles. The number of halogens is 1. The van der Waals surface area contributed by atoms with Crippen molar-refractivity contribution in [3.63, 3.8) is 0 Å². The van der Waals surface area contributed by atoms with Crippen molar-refractivity contribution in [3.8, 4) is 5.75 Å². The Labute approximate surface area is 84.7 Å². The smallest absolute Gasteiger partial charge is 0.125 e. The van der Waals surface area contributed by atoms with Crippen LogP contribution in [0, 0.1) is 20.8 Å². The van der Waals surface area contributed by atoms with Crippen molar-refractivity contribution in [1.82, 2.24) is 0 Å². The molecule has 0 bridgehead atoms. The van der Waals surface area contributed by atoms with E-state index in [2.05, 4.69) is 32.9 Å². The Bertz CT molecular complexity index is 294. The molecule has 0 unspecified atom stereocenters. The highest BCUT2D eigenvalue weighted by molar-refractivity contribution is 6.18. The Morgan fingerprint density at radius 3 is 2.38 bits per heavy atom. The van der Waals surface area contributed by atoms with E-state index in [0.717, 1.165) is 5.75 Å². The number of rotatable bonds is 3. The van der Waals surface area contributed by atoms with Crippen molar-refractivity contribution in [1.29, 1.82) is 0 Å². The molecule has 0 atom stereocenters. The highest BCUT2D eigenvalue weighted by Gasteiger charge is 2.05. The van der Waals surface area contributed by atoms with Crippen LogP contribution in [0.5, 0.6) is 5.75 Å². The number of alkyl halides is 1. The Morgan fingerprint density at radius 1 is 1.15 bits per heavy atom. The molecular weight excluding hydrogens is 184 g/mol. The van der Waals surface area contributed by atoms with Gasteiger partial charge in [0.1, 0.15) is 12.4 Å². The molecule has 0 spiro atoms. The molecule has 0 aliphatic heterocycles. The van der Waals surface area contributed by atoms with Crippen LogP contribution in [0.2, 0.25) is 0 Å². The molecule has 1 aromatic rings. The van der Waals surface area contributed by atoms with Gasteiger partial charge in [-0.05, 0) is 37.5 Å². The lowest BCUT2D eigenvalue weighted by molar-refractivity contribution is 0.337. The van der Waals surface area contributed by atoms with Crippen molar-refractivity contribution < 1.29 is 4.74 Å². The fourth-order valence-corrected chi connectivity index (χ4v) is 1.37. The highest BCUT2D eigenvalue weighted by atomic mass is 35.5. The largest absolute Gasteiger partial charge is 0.492 e. The van der Waals surface area contributed by atoms with E-state index in [4.69, 9.17) is 16.3 Å². The van der Waals surface area contributed by atoms with Crippen LogP contribution >= 0.6 is 11.6 Å². The monoisotopic (exact) mass is 198 g/mol. The molecule has 2 heteroatoms. The van der Waals surface area contributed by atoms with Crippen LogP contribution in [0.4, 0.5) is 0 Å². The number of hydrogen-bond acceptors (Lipinski definition) is 1. The maximum atomic E-state index is 5.57. The number of aryl methyl sites for hydroxylation is 2. The van der Waals surface area contributed by atoms with Crippen LogP contribution in [-0.2, 0) is 0 Å². The van der Waals surface area contributed by atoms with Gasteiger partial charge in [-0.3, -0.25) is 0 Å². The molecular formula is C11H15ClO. The third-order valence-electron chi connectivity index (χ3n) is 2.20. The van der Waals surface area contributed by atoms with Gasteiger partial charge in [-0.2, -0.15) is 0 Å². The van der Waals surface area contributed by atoms with Gasteiger partial charge in [0.2, 0.25) is 0 Å². The molecule has 1 nitrogen and oxygen atoms in total. The van der Waals surface area contributed by atoms with Crippen molar-refractivity contribution in [2.75, 3.05) is 12.5 Å². The summed E-state index contributed by atoms with van der Waals surface area (Å²) in [5, 5.41) is 0. The number of ether oxygens (including phenoxy) is 1. The summed E-state index contributed by atoms with van der Waals surface area (Å²) < 4.78 is 5.57. The first-order valence-electron chi connectivity index (χ1n) is 4.42. The van der Waals surface area contributed by atoms with Gasteiger partial charge >= 0.3 is 0 Å². The highest BCUT2D eigenvalue weighted by Crippen LogP contribution is 2.25. The predicted molar refractivity (Wildman–Crippen MR) is 56.9 cm³/mol. The summed E-state index contributed by atoms with van der Waals surface area (Å²) in [5.74, 6) is 1.52. The van der Waals surface area contributed by atoms with E-state index in [1.807, 2.05) is 0 Å². The molecule has 0 heterocycles. The summed E-state index contributed by atoms with van der Waals surface area (Å²) in [6, 6.07) is 4.18. The Balaban J connectivity index is 2.96. The van der Waals surface area contributed by atoms with Gasteiger partial charge in [0, 0.05) is 0 Å². The summed E-state index contributed by atoms with van der Waals surface area (Å²) in [6.45, 7) is 6.79. The second-order valence-corrected chi connectivity index (χ2v) is 3.57. The first-order valence-corrected chi connectivity index (χ1v) is 4.96. The summed E-state index contributed by atoms with van der Waals surface area (Å²) in [5.41, 5.74) is 3.65. The number of benzene rings is 1. The fraction of sp³-hybridized carbons (Fsp3) is 0.455. The Kier molecular flexibility index (Phi) is 3.61. The summed E-state index contributed by atoms with van der Waals surface area (Å²) in [6.07, 6.45) is 0. The molecule has 0 amide bonds. The van der Waals surface area contributed by atoms with E-state index in [1.54, 1.807) is 0 Å². The fourth-order valence-electron chi connectivity index (χ4n) is 1.29. The third kappa shape index (κ3) is 2.38. The molecule has 13 heavy (non-hydrogen) atoms. The van der Waals surface area contributed by atoms with Gasteiger partial charge in [0.05, 0.1) is 5.88 Å². The van der Waals surface area contributed by atoms with Crippen molar-refractivity contribution >= 4 is 11.6 Å². The van der Waals surface area contributed by atoms with Gasteiger partial charge in [-0.15, -0.1) is 11.6 Å². The molecule has 0 saturated heterocycles. The minimum atomic E-state index is 0.535. The molecule has 0 fully saturated rings. The van der Waals surface area contributed by atoms with E-state index < -0.39 is 0 Å². The van der Waals surface area contributed by atoms with E-state index in [-0.39, 0.29) is 0 Å². The van der Waals surface area contributed by atoms with E-state index in [1.165, 1.54) is 16.7 Å². The van der Waals surface area contributed by atoms with Crippen LogP contribution < -0.4 is 4.74 Å². The first-order chi connectivity index (χ1) is 6.16. The topological polar surface area (TPSA) is 9.23 Å². The summed E-state index contributed by atoms with van der Waals surface area (Å²) >= 11 is 5.57. The van der Waals surface area contributed by atoms with Crippen molar-refractivity contribution in [2.24, 2.45) is 0 Å². The van der Waals surface area contributed by atoms with Crippen LogP contribution in [0.3, 0.4) is 0 Å². The summed E-state index contributed by atoms with van der Waals surface area (Å²) in [4.78, 5) is 0. The normalized spacial score (nSPS) is 10.2. The van der Waals surface area contributed by atoms with E-state index >= 15 is 0 Å². The quantitative estimate of drug-likeness (QED) is 0.678. The van der Waals surface area contributed by atoms with Gasteiger partial charge in [0.15, 0.2) is 0 Å². The van der Waals surface area contributed by atoms with E-state index in [0.29, 0.717) is 12.5 Å². The number of hydrogen-bond donors (Lipinski definition) is 0. The second kappa shape index (κ2) is 4.52. The van der Waals surface area contributed by atoms with Gasteiger partial charge in [0.25, 0.3) is 0 Å². The van der Waals surface area contributed by atoms with Crippen LogP contribution in [-0.4, -0.2) is 12.5 Å². The standard InChI is InChI=1S/C11H15ClO/c1-8-4-5-9(2)11(10(8)3)13-7-6-12/h4-5H,6-7H2,1-3H3. The molecule has 1 rings (SSSR count). The van der Waals surface area contributed by atoms with Gasteiger partial charge in [-0.25, -0.2) is 0 Å². The first kappa shape index (κ1) is 10.4. The molecule has 0 saturated carbocycles. The third-order valence-corrected chi connectivity index (χ3v) is 2.35. The van der Waals surface area contributed by atoms with Crippen molar-refractivity contribution in [3.05, 3.63) is 28.8 Å². The second-order valence-electron chi connectivity index (χ2n) is 3.19. The van der Waals surface area contributed by atoms with Crippen molar-refractivity contribution in [2.45, 2.75) is 20.8 Å². The SMILES string of the molecule is Cc1ccc(C)c(OCCCl)c1C. The van der Waals surface area contributed by atoms with E-state index in [9.17, 15) is 0 Å².